The Bertz CT molecular complexity index is 378. The van der Waals surface area contributed by atoms with Gasteiger partial charge in [-0.3, -0.25) is 4.90 Å². The summed E-state index contributed by atoms with van der Waals surface area (Å²) in [6.07, 6.45) is 1.07. The molecule has 1 aromatic rings. The zero-order valence-corrected chi connectivity index (χ0v) is 10.8. The molecule has 2 rings (SSSR count). The van der Waals surface area contributed by atoms with Gasteiger partial charge in [-0.05, 0) is 19.9 Å². The van der Waals surface area contributed by atoms with Crippen LogP contribution in [0.15, 0.2) is 6.07 Å². The number of β-amino-alcohol motifs (C(OH)–C–C–N with tert-alkyl or cyclic N) is 1. The Morgan fingerprint density at radius 1 is 1.28 bits per heavy atom. The standard InChI is InChI=1S/C12H21N5O/c1-10-9-11(15-12(13)14-10)17-4-2-3-16(5-6-17)7-8-18/h9,18H,2-8H2,1H3,(H2,13,14,15). The van der Waals surface area contributed by atoms with Gasteiger partial charge in [-0.25, -0.2) is 4.98 Å². The highest BCUT2D eigenvalue weighted by molar-refractivity contribution is 5.43. The summed E-state index contributed by atoms with van der Waals surface area (Å²) in [5, 5.41) is 8.97. The summed E-state index contributed by atoms with van der Waals surface area (Å²) in [7, 11) is 0. The van der Waals surface area contributed by atoms with Crippen LogP contribution in [0.4, 0.5) is 11.8 Å². The summed E-state index contributed by atoms with van der Waals surface area (Å²) in [6, 6.07) is 1.97. The van der Waals surface area contributed by atoms with E-state index >= 15 is 0 Å². The van der Waals surface area contributed by atoms with Crippen LogP contribution in [0.25, 0.3) is 0 Å². The minimum atomic E-state index is 0.222. The first kappa shape index (κ1) is 13.0. The first-order chi connectivity index (χ1) is 8.69. The number of aliphatic hydroxyl groups excluding tert-OH is 1. The van der Waals surface area contributed by atoms with E-state index in [-0.39, 0.29) is 6.61 Å². The molecule has 0 bridgehead atoms. The van der Waals surface area contributed by atoms with Gasteiger partial charge >= 0.3 is 0 Å². The highest BCUT2D eigenvalue weighted by atomic mass is 16.3. The highest BCUT2D eigenvalue weighted by Gasteiger charge is 2.16. The van der Waals surface area contributed by atoms with Crippen LogP contribution in [0, 0.1) is 6.92 Å². The molecule has 6 heteroatoms. The van der Waals surface area contributed by atoms with Gasteiger partial charge in [-0.1, -0.05) is 0 Å². The van der Waals surface area contributed by atoms with Crippen LogP contribution < -0.4 is 10.6 Å². The Balaban J connectivity index is 2.05. The van der Waals surface area contributed by atoms with E-state index in [0.717, 1.165) is 50.7 Å². The second kappa shape index (κ2) is 5.97. The maximum Gasteiger partial charge on any atom is 0.222 e. The summed E-state index contributed by atoms with van der Waals surface area (Å²) >= 11 is 0. The molecule has 2 heterocycles. The molecule has 0 aliphatic carbocycles. The molecule has 1 aliphatic heterocycles. The second-order valence-electron chi connectivity index (χ2n) is 4.63. The molecule has 3 N–H and O–H groups in total. The Kier molecular flexibility index (Phi) is 4.33. The largest absolute Gasteiger partial charge is 0.395 e. The minimum Gasteiger partial charge on any atom is -0.395 e. The molecule has 1 saturated heterocycles. The molecule has 0 atom stereocenters. The number of nitrogens with two attached hydrogens (primary N) is 1. The lowest BCUT2D eigenvalue weighted by Crippen LogP contribution is -2.32. The summed E-state index contributed by atoms with van der Waals surface area (Å²) in [4.78, 5) is 12.9. The number of aromatic nitrogens is 2. The molecule has 1 aliphatic rings. The quantitative estimate of drug-likeness (QED) is 0.779. The molecule has 0 spiro atoms. The van der Waals surface area contributed by atoms with E-state index in [1.54, 1.807) is 0 Å². The predicted molar refractivity (Wildman–Crippen MR) is 71.5 cm³/mol. The number of aliphatic hydroxyl groups is 1. The number of aryl methyl sites for hydroxylation is 1. The fourth-order valence-corrected chi connectivity index (χ4v) is 2.30. The minimum absolute atomic E-state index is 0.222. The monoisotopic (exact) mass is 251 g/mol. The van der Waals surface area contributed by atoms with E-state index in [1.165, 1.54) is 0 Å². The van der Waals surface area contributed by atoms with Gasteiger partial charge in [0.15, 0.2) is 0 Å². The third kappa shape index (κ3) is 3.30. The van der Waals surface area contributed by atoms with Gasteiger partial charge in [-0.2, -0.15) is 4.98 Å². The average Bonchev–Trinajstić information content (AvgIpc) is 2.54. The van der Waals surface area contributed by atoms with Crippen molar-refractivity contribution in [1.29, 1.82) is 0 Å². The maximum absolute atomic E-state index is 8.97. The van der Waals surface area contributed by atoms with Gasteiger partial charge in [0, 0.05) is 37.9 Å². The lowest BCUT2D eigenvalue weighted by Gasteiger charge is -2.22. The molecule has 6 nitrogen and oxygen atoms in total. The van der Waals surface area contributed by atoms with Gasteiger partial charge in [0.05, 0.1) is 6.61 Å². The van der Waals surface area contributed by atoms with Crippen LogP contribution >= 0.6 is 0 Å². The Morgan fingerprint density at radius 2 is 2.11 bits per heavy atom. The van der Waals surface area contributed by atoms with Crippen molar-refractivity contribution in [3.63, 3.8) is 0 Å². The molecule has 18 heavy (non-hydrogen) atoms. The third-order valence-corrected chi connectivity index (χ3v) is 3.19. The van der Waals surface area contributed by atoms with E-state index in [2.05, 4.69) is 19.8 Å². The summed E-state index contributed by atoms with van der Waals surface area (Å²) in [6.45, 7) is 6.75. The summed E-state index contributed by atoms with van der Waals surface area (Å²) < 4.78 is 0. The maximum atomic E-state index is 8.97. The number of nitrogen functional groups attached to an aromatic ring is 1. The second-order valence-corrected chi connectivity index (χ2v) is 4.63. The molecule has 0 radical (unpaired) electrons. The predicted octanol–water partition coefficient (Wildman–Crippen LogP) is -0.128. The lowest BCUT2D eigenvalue weighted by molar-refractivity contribution is 0.204. The fourth-order valence-electron chi connectivity index (χ4n) is 2.30. The van der Waals surface area contributed by atoms with Crippen molar-refractivity contribution < 1.29 is 5.11 Å². The number of anilines is 2. The van der Waals surface area contributed by atoms with E-state index in [0.29, 0.717) is 5.95 Å². The van der Waals surface area contributed by atoms with Gasteiger partial charge in [0.2, 0.25) is 5.95 Å². The first-order valence-electron chi connectivity index (χ1n) is 6.38. The smallest absolute Gasteiger partial charge is 0.222 e. The van der Waals surface area contributed by atoms with Crippen molar-refractivity contribution in [3.05, 3.63) is 11.8 Å². The molecule has 0 saturated carbocycles. The van der Waals surface area contributed by atoms with E-state index in [1.807, 2.05) is 13.0 Å². The zero-order valence-electron chi connectivity index (χ0n) is 10.8. The number of hydrogen-bond donors (Lipinski definition) is 2. The SMILES string of the molecule is Cc1cc(N2CCCN(CCO)CC2)nc(N)n1. The van der Waals surface area contributed by atoms with Crippen molar-refractivity contribution in [2.45, 2.75) is 13.3 Å². The number of hydrogen-bond acceptors (Lipinski definition) is 6. The van der Waals surface area contributed by atoms with Gasteiger partial charge in [0.1, 0.15) is 5.82 Å². The molecule has 1 aromatic heterocycles. The van der Waals surface area contributed by atoms with Gasteiger partial charge < -0.3 is 15.7 Å². The molecule has 0 unspecified atom stereocenters. The first-order valence-corrected chi connectivity index (χ1v) is 6.38. The van der Waals surface area contributed by atoms with E-state index < -0.39 is 0 Å². The van der Waals surface area contributed by atoms with Crippen molar-refractivity contribution in [2.24, 2.45) is 0 Å². The molecular formula is C12H21N5O. The Morgan fingerprint density at radius 3 is 2.83 bits per heavy atom. The molecule has 1 fully saturated rings. The van der Waals surface area contributed by atoms with Crippen molar-refractivity contribution >= 4 is 11.8 Å². The van der Waals surface area contributed by atoms with Crippen molar-refractivity contribution in [3.8, 4) is 0 Å². The topological polar surface area (TPSA) is 78.5 Å². The molecular weight excluding hydrogens is 230 g/mol. The molecule has 0 aromatic carbocycles. The van der Waals surface area contributed by atoms with Crippen LogP contribution in [0.1, 0.15) is 12.1 Å². The number of nitrogens with zero attached hydrogens (tertiary/aromatic N) is 4. The van der Waals surface area contributed by atoms with Crippen molar-refractivity contribution in [1.82, 2.24) is 14.9 Å². The lowest BCUT2D eigenvalue weighted by atomic mass is 10.3. The van der Waals surface area contributed by atoms with E-state index in [4.69, 9.17) is 10.8 Å². The van der Waals surface area contributed by atoms with Crippen LogP contribution in [-0.4, -0.2) is 59.3 Å². The average molecular weight is 251 g/mol. The third-order valence-electron chi connectivity index (χ3n) is 3.19. The molecule has 100 valence electrons. The molecule has 0 amide bonds. The van der Waals surface area contributed by atoms with Crippen LogP contribution in [0.3, 0.4) is 0 Å². The normalized spacial score (nSPS) is 17.8. The van der Waals surface area contributed by atoms with E-state index in [9.17, 15) is 0 Å². The van der Waals surface area contributed by atoms with Crippen LogP contribution in [0.5, 0.6) is 0 Å². The fraction of sp³-hybridized carbons (Fsp3) is 0.667. The highest BCUT2D eigenvalue weighted by Crippen LogP contribution is 2.15. The Labute approximate surface area is 107 Å². The van der Waals surface area contributed by atoms with Crippen LogP contribution in [0.2, 0.25) is 0 Å². The number of rotatable bonds is 3. The Hall–Kier alpha value is -1.40. The van der Waals surface area contributed by atoms with Gasteiger partial charge in [0.25, 0.3) is 0 Å². The summed E-state index contributed by atoms with van der Waals surface area (Å²) in [5.74, 6) is 1.24. The summed E-state index contributed by atoms with van der Waals surface area (Å²) in [5.41, 5.74) is 6.58. The van der Waals surface area contributed by atoms with Gasteiger partial charge in [-0.15, -0.1) is 0 Å². The van der Waals surface area contributed by atoms with Crippen molar-refractivity contribution in [2.75, 3.05) is 50.0 Å². The zero-order chi connectivity index (χ0) is 13.0. The van der Waals surface area contributed by atoms with Crippen LogP contribution in [-0.2, 0) is 0 Å².